The minimum atomic E-state index is 0. The third kappa shape index (κ3) is 11.1. The molecule has 2 fully saturated rings. The topological polar surface area (TPSA) is 24.9 Å². The van der Waals surface area contributed by atoms with Crippen molar-refractivity contribution in [2.75, 3.05) is 54.5 Å². The van der Waals surface area contributed by atoms with Crippen LogP contribution in [0.4, 0.5) is 0 Å². The molecule has 0 atom stereocenters. The molecule has 10 radical (unpaired) electrons. The second-order valence-corrected chi connectivity index (χ2v) is 10.9. The zero-order valence-corrected chi connectivity index (χ0v) is 26.1. The van der Waals surface area contributed by atoms with Gasteiger partial charge in [0.2, 0.25) is 0 Å². The van der Waals surface area contributed by atoms with Gasteiger partial charge >= 0.3 is 17.1 Å². The van der Waals surface area contributed by atoms with Crippen LogP contribution in [0.2, 0.25) is 0 Å². The van der Waals surface area contributed by atoms with Gasteiger partial charge in [-0.1, -0.05) is 29.8 Å². The molecule has 0 saturated heterocycles. The summed E-state index contributed by atoms with van der Waals surface area (Å²) >= 11 is 0. The first kappa shape index (κ1) is 33.7. The van der Waals surface area contributed by atoms with Gasteiger partial charge in [-0.05, 0) is 152 Å². The molecule has 216 valence electrons. The zero-order valence-electron chi connectivity index (χ0n) is 25.0. The van der Waals surface area contributed by atoms with Gasteiger partial charge < -0.3 is 19.3 Å². The van der Waals surface area contributed by atoms with Crippen LogP contribution in [0, 0.1) is 63.2 Å². The Hall–Kier alpha value is -1.78. The number of benzene rings is 2. The fourth-order valence-corrected chi connectivity index (χ4v) is 4.93. The Balaban J connectivity index is 0.00000462. The molecule has 2 aliphatic carbocycles. The molecule has 4 rings (SSSR count). The Bertz CT molecular complexity index is 959. The monoisotopic (exact) mass is 592 g/mol. The molecule has 2 aromatic rings. The first-order chi connectivity index (χ1) is 19.5. The van der Waals surface area contributed by atoms with Gasteiger partial charge in [-0.25, -0.2) is 0 Å². The Labute approximate surface area is 261 Å². The van der Waals surface area contributed by atoms with Crippen LogP contribution in [0.3, 0.4) is 0 Å². The maximum Gasteiger partial charge on any atom is 2.00 e. The Morgan fingerprint density at radius 3 is 1.49 bits per heavy atom. The molecule has 41 heavy (non-hydrogen) atoms. The molecule has 2 aliphatic rings. The SMILES string of the molecule is CN(C)CCCOc1ccc(C(=C(CC[C]2[CH][CH][CH][CH]2)[C]2[CH][CH][CH][CH]2)c2ccc(OCCCN(C)C)cc2)cc1.[Fe+2]. The fraction of sp³-hybridized carbons (Fsp3) is 0.333. The van der Waals surface area contributed by atoms with Crippen LogP contribution in [0.5, 0.6) is 11.5 Å². The third-order valence-corrected chi connectivity index (χ3v) is 7.03. The predicted octanol–water partition coefficient (Wildman–Crippen LogP) is 6.74. The van der Waals surface area contributed by atoms with E-state index in [1.165, 1.54) is 34.1 Å². The van der Waals surface area contributed by atoms with Crippen molar-refractivity contribution in [2.45, 2.75) is 25.7 Å². The van der Waals surface area contributed by atoms with Crippen molar-refractivity contribution in [1.82, 2.24) is 9.80 Å². The summed E-state index contributed by atoms with van der Waals surface area (Å²) in [6, 6.07) is 17.2. The van der Waals surface area contributed by atoms with Crippen LogP contribution in [0.15, 0.2) is 54.1 Å². The van der Waals surface area contributed by atoms with Crippen molar-refractivity contribution in [2.24, 2.45) is 0 Å². The van der Waals surface area contributed by atoms with E-state index in [2.05, 4.69) is 138 Å². The summed E-state index contributed by atoms with van der Waals surface area (Å²) in [7, 11) is 8.37. The largest absolute Gasteiger partial charge is 2.00 e. The molecule has 0 aliphatic heterocycles. The maximum absolute atomic E-state index is 6.04. The predicted molar refractivity (Wildman–Crippen MR) is 166 cm³/mol. The van der Waals surface area contributed by atoms with Crippen molar-refractivity contribution in [1.29, 1.82) is 0 Å². The van der Waals surface area contributed by atoms with Gasteiger partial charge in [-0.3, -0.25) is 0 Å². The second-order valence-electron chi connectivity index (χ2n) is 10.9. The van der Waals surface area contributed by atoms with Crippen LogP contribution >= 0.6 is 0 Å². The number of nitrogens with zero attached hydrogens (tertiary/aromatic N) is 2. The van der Waals surface area contributed by atoms with E-state index in [0.29, 0.717) is 13.2 Å². The molecule has 4 nitrogen and oxygen atoms in total. The minimum absolute atomic E-state index is 0. The Morgan fingerprint density at radius 1 is 0.610 bits per heavy atom. The second kappa shape index (κ2) is 18.0. The van der Waals surface area contributed by atoms with Crippen LogP contribution in [0.25, 0.3) is 5.57 Å². The van der Waals surface area contributed by atoms with Crippen molar-refractivity contribution in [3.8, 4) is 11.5 Å². The molecular formula is C36H44FeN2O2+2. The molecule has 2 aromatic carbocycles. The van der Waals surface area contributed by atoms with Gasteiger partial charge in [0, 0.05) is 19.0 Å². The average Bonchev–Trinajstić information content (AvgIpc) is 3.67. The van der Waals surface area contributed by atoms with Gasteiger partial charge in [-0.15, -0.1) is 0 Å². The average molecular weight is 593 g/mol. The molecule has 0 aromatic heterocycles. The van der Waals surface area contributed by atoms with Crippen LogP contribution in [-0.2, 0) is 17.1 Å². The minimum Gasteiger partial charge on any atom is -0.494 e. The molecule has 0 unspecified atom stereocenters. The first-order valence-corrected chi connectivity index (χ1v) is 14.4. The number of ether oxygens (including phenoxy) is 2. The summed E-state index contributed by atoms with van der Waals surface area (Å²) < 4.78 is 12.1. The zero-order chi connectivity index (χ0) is 28.2. The van der Waals surface area contributed by atoms with E-state index in [-0.39, 0.29) is 17.1 Å². The van der Waals surface area contributed by atoms with Crippen molar-refractivity contribution < 1.29 is 26.5 Å². The van der Waals surface area contributed by atoms with E-state index in [9.17, 15) is 0 Å². The molecule has 0 N–H and O–H groups in total. The standard InChI is InChI=1S/C36H44N2O2.Fe/c1-37(2)25-9-27-39-33-20-16-31(17-21-33)36(32-18-22-34(23-19-32)40-28-10-26-38(3)4)35(30-13-7-8-14-30)24-15-29-11-5-6-12-29;/h5-8,11-14,16-23H,9-10,15,24-28H2,1-4H3;/q;+2. The van der Waals surface area contributed by atoms with E-state index < -0.39 is 0 Å². The molecule has 2 saturated carbocycles. The van der Waals surface area contributed by atoms with E-state index >= 15 is 0 Å². The van der Waals surface area contributed by atoms with Crippen LogP contribution < -0.4 is 9.47 Å². The van der Waals surface area contributed by atoms with Crippen molar-refractivity contribution in [3.63, 3.8) is 0 Å². The third-order valence-electron chi connectivity index (χ3n) is 7.03. The normalized spacial score (nSPS) is 15.9. The summed E-state index contributed by atoms with van der Waals surface area (Å²) in [6.45, 7) is 3.47. The van der Waals surface area contributed by atoms with Crippen molar-refractivity contribution >= 4 is 5.57 Å². The van der Waals surface area contributed by atoms with Crippen LogP contribution in [0.1, 0.15) is 36.8 Å². The summed E-state index contributed by atoms with van der Waals surface area (Å²) in [5.74, 6) is 4.46. The number of allylic oxidation sites excluding steroid dienone is 1. The molecule has 5 heteroatoms. The number of hydrogen-bond donors (Lipinski definition) is 0. The van der Waals surface area contributed by atoms with E-state index in [0.717, 1.165) is 50.3 Å². The van der Waals surface area contributed by atoms with E-state index in [1.807, 2.05) is 0 Å². The van der Waals surface area contributed by atoms with Gasteiger partial charge in [0.1, 0.15) is 11.5 Å². The molecule has 0 amide bonds. The Kier molecular flexibility index (Phi) is 14.8. The first-order valence-electron chi connectivity index (χ1n) is 14.4. The van der Waals surface area contributed by atoms with Crippen molar-refractivity contribution in [3.05, 3.63) is 128 Å². The molecule has 0 spiro atoms. The Morgan fingerprint density at radius 2 is 1.05 bits per heavy atom. The summed E-state index contributed by atoms with van der Waals surface area (Å²) in [5.41, 5.74) is 5.00. The van der Waals surface area contributed by atoms with Gasteiger partial charge in [0.05, 0.1) is 13.2 Å². The summed E-state index contributed by atoms with van der Waals surface area (Å²) in [6.07, 6.45) is 21.4. The summed E-state index contributed by atoms with van der Waals surface area (Å²) in [4.78, 5) is 4.37. The molecule has 0 bridgehead atoms. The molecule has 0 heterocycles. The quantitative estimate of drug-likeness (QED) is 0.159. The smallest absolute Gasteiger partial charge is 0.494 e. The van der Waals surface area contributed by atoms with Gasteiger partial charge in [0.15, 0.2) is 0 Å². The van der Waals surface area contributed by atoms with E-state index in [4.69, 9.17) is 9.47 Å². The number of hydrogen-bond acceptors (Lipinski definition) is 4. The van der Waals surface area contributed by atoms with Crippen LogP contribution in [-0.4, -0.2) is 64.3 Å². The summed E-state index contributed by atoms with van der Waals surface area (Å²) in [5, 5.41) is 0. The molecular weight excluding hydrogens is 548 g/mol. The number of rotatable bonds is 16. The van der Waals surface area contributed by atoms with Gasteiger partial charge in [-0.2, -0.15) is 0 Å². The van der Waals surface area contributed by atoms with Gasteiger partial charge in [0.25, 0.3) is 0 Å². The fourth-order valence-electron chi connectivity index (χ4n) is 4.93. The van der Waals surface area contributed by atoms with E-state index in [1.54, 1.807) is 0 Å². The maximum atomic E-state index is 6.04.